The fourth-order valence-electron chi connectivity index (χ4n) is 1.12. The van der Waals surface area contributed by atoms with Gasteiger partial charge in [0.25, 0.3) is 0 Å². The summed E-state index contributed by atoms with van der Waals surface area (Å²) in [5.74, 6) is -2.01. The molecule has 1 N–H and O–H groups in total. The summed E-state index contributed by atoms with van der Waals surface area (Å²) >= 11 is 0. The number of hydrogen-bond acceptors (Lipinski definition) is 4. The average Bonchev–Trinajstić information content (AvgIpc) is 2.17. The summed E-state index contributed by atoms with van der Waals surface area (Å²) in [7, 11) is 0. The second kappa shape index (κ2) is 5.59. The molecule has 0 unspecified atom stereocenters. The van der Waals surface area contributed by atoms with Crippen molar-refractivity contribution in [3.63, 3.8) is 0 Å². The van der Waals surface area contributed by atoms with Crippen LogP contribution in [-0.2, 0) is 19.4 Å². The van der Waals surface area contributed by atoms with Gasteiger partial charge in [0.15, 0.2) is 5.41 Å². The van der Waals surface area contributed by atoms with Crippen molar-refractivity contribution in [2.24, 2.45) is 5.41 Å². The van der Waals surface area contributed by atoms with Crippen molar-refractivity contribution in [3.05, 3.63) is 0 Å². The average molecular weight is 204 g/mol. The predicted molar refractivity (Wildman–Crippen MR) is 48.4 cm³/mol. The Kier molecular flexibility index (Phi) is 5.15. The summed E-state index contributed by atoms with van der Waals surface area (Å²) in [6, 6.07) is 0. The minimum absolute atomic E-state index is 0.185. The van der Waals surface area contributed by atoms with Crippen LogP contribution in [-0.4, -0.2) is 23.7 Å². The monoisotopic (exact) mass is 204 g/mol. The van der Waals surface area contributed by atoms with Crippen LogP contribution in [0.25, 0.3) is 0 Å². The van der Waals surface area contributed by atoms with Gasteiger partial charge in [-0.05, 0) is 19.8 Å². The van der Waals surface area contributed by atoms with Gasteiger partial charge in [-0.15, -0.1) is 0 Å². The van der Waals surface area contributed by atoms with E-state index in [2.05, 4.69) is 9.78 Å². The van der Waals surface area contributed by atoms with Gasteiger partial charge in [0, 0.05) is 0 Å². The van der Waals surface area contributed by atoms with Crippen molar-refractivity contribution in [3.8, 4) is 0 Å². The van der Waals surface area contributed by atoms with Crippen LogP contribution in [0, 0.1) is 5.41 Å². The number of aliphatic carboxylic acids is 1. The quantitative estimate of drug-likeness (QED) is 0.402. The van der Waals surface area contributed by atoms with Crippen LogP contribution < -0.4 is 0 Å². The number of carboxylic acids is 1. The van der Waals surface area contributed by atoms with E-state index >= 15 is 0 Å². The number of carbonyl (C=O) groups excluding carboxylic acids is 1. The Morgan fingerprint density at radius 1 is 1.21 bits per heavy atom. The molecule has 0 bridgehead atoms. The number of carboxylic acid groups (broad SMARTS) is 1. The Bertz CT molecular complexity index is 207. The van der Waals surface area contributed by atoms with Gasteiger partial charge in [-0.25, -0.2) is 4.79 Å². The highest BCUT2D eigenvalue weighted by molar-refractivity contribution is 5.98. The molecule has 0 aromatic heterocycles. The third-order valence-electron chi connectivity index (χ3n) is 2.26. The van der Waals surface area contributed by atoms with Crippen molar-refractivity contribution in [2.75, 3.05) is 6.61 Å². The first-order valence-electron chi connectivity index (χ1n) is 4.62. The first-order valence-corrected chi connectivity index (χ1v) is 4.62. The molecule has 0 amide bonds. The molecule has 0 atom stereocenters. The largest absolute Gasteiger partial charge is 0.480 e. The summed E-state index contributed by atoms with van der Waals surface area (Å²) in [5, 5.41) is 8.94. The molecule has 0 saturated heterocycles. The number of hydrogen-bond donors (Lipinski definition) is 1. The highest BCUT2D eigenvalue weighted by atomic mass is 17.2. The van der Waals surface area contributed by atoms with E-state index < -0.39 is 17.4 Å². The molecule has 0 aromatic rings. The Morgan fingerprint density at radius 3 is 2.00 bits per heavy atom. The Balaban J connectivity index is 4.63. The van der Waals surface area contributed by atoms with Crippen molar-refractivity contribution in [1.29, 1.82) is 0 Å². The maximum Gasteiger partial charge on any atom is 0.359 e. The highest BCUT2D eigenvalue weighted by Gasteiger charge is 2.45. The molecule has 5 heteroatoms. The topological polar surface area (TPSA) is 72.8 Å². The van der Waals surface area contributed by atoms with E-state index in [0.29, 0.717) is 0 Å². The lowest BCUT2D eigenvalue weighted by Gasteiger charge is -2.22. The second-order valence-corrected chi connectivity index (χ2v) is 2.87. The molecule has 82 valence electrons. The molecule has 0 aliphatic carbocycles. The predicted octanol–water partition coefficient (Wildman–Crippen LogP) is 1.37. The normalized spacial score (nSPS) is 11.1. The van der Waals surface area contributed by atoms with Crippen LogP contribution >= 0.6 is 0 Å². The van der Waals surface area contributed by atoms with Gasteiger partial charge in [0.2, 0.25) is 0 Å². The van der Waals surface area contributed by atoms with E-state index in [9.17, 15) is 9.59 Å². The molecule has 0 fully saturated rings. The van der Waals surface area contributed by atoms with Gasteiger partial charge >= 0.3 is 11.9 Å². The van der Waals surface area contributed by atoms with E-state index in [-0.39, 0.29) is 19.4 Å². The third-order valence-corrected chi connectivity index (χ3v) is 2.26. The summed E-state index contributed by atoms with van der Waals surface area (Å²) in [6.07, 6.45) is 0.371. The molecule has 5 nitrogen and oxygen atoms in total. The van der Waals surface area contributed by atoms with Crippen molar-refractivity contribution >= 4 is 11.9 Å². The molecular formula is C9H16O5. The van der Waals surface area contributed by atoms with Crippen molar-refractivity contribution < 1.29 is 24.5 Å². The lowest BCUT2D eigenvalue weighted by molar-refractivity contribution is -0.278. The molecule has 0 aliphatic heterocycles. The van der Waals surface area contributed by atoms with Crippen LogP contribution in [0.3, 0.4) is 0 Å². The Labute approximate surface area is 82.9 Å². The molecule has 0 heterocycles. The maximum atomic E-state index is 11.4. The maximum absolute atomic E-state index is 11.4. The molecule has 0 spiro atoms. The van der Waals surface area contributed by atoms with Crippen molar-refractivity contribution in [2.45, 2.75) is 33.6 Å². The summed E-state index contributed by atoms with van der Waals surface area (Å²) < 4.78 is 0. The standard InChI is InChI=1S/C9H16O5/c1-4-9(5-2,7(10)11)8(12)14-13-6-3/h4-6H2,1-3H3,(H,10,11). The van der Waals surface area contributed by atoms with Crippen LogP contribution in [0.5, 0.6) is 0 Å². The Hall–Kier alpha value is -1.10. The minimum Gasteiger partial charge on any atom is -0.480 e. The van der Waals surface area contributed by atoms with Crippen molar-refractivity contribution in [1.82, 2.24) is 0 Å². The smallest absolute Gasteiger partial charge is 0.359 e. The van der Waals surface area contributed by atoms with Gasteiger partial charge in [0.05, 0.1) is 6.61 Å². The van der Waals surface area contributed by atoms with Gasteiger partial charge in [-0.2, -0.15) is 4.89 Å². The van der Waals surface area contributed by atoms with E-state index in [0.717, 1.165) is 0 Å². The highest BCUT2D eigenvalue weighted by Crippen LogP contribution is 2.28. The van der Waals surface area contributed by atoms with Crippen LogP contribution in [0.1, 0.15) is 33.6 Å². The zero-order valence-electron chi connectivity index (χ0n) is 8.70. The number of carbonyl (C=O) groups is 2. The molecule has 0 radical (unpaired) electrons. The molecular weight excluding hydrogens is 188 g/mol. The van der Waals surface area contributed by atoms with E-state index in [1.54, 1.807) is 20.8 Å². The summed E-state index contributed by atoms with van der Waals surface area (Å²) in [4.78, 5) is 31.2. The molecule has 0 rings (SSSR count). The second-order valence-electron chi connectivity index (χ2n) is 2.87. The third kappa shape index (κ3) is 2.45. The minimum atomic E-state index is -1.48. The summed E-state index contributed by atoms with van der Waals surface area (Å²) in [6.45, 7) is 5.11. The Morgan fingerprint density at radius 2 is 1.71 bits per heavy atom. The molecule has 14 heavy (non-hydrogen) atoms. The molecule has 0 aliphatic rings. The van der Waals surface area contributed by atoms with Gasteiger partial charge in [-0.3, -0.25) is 9.68 Å². The fourth-order valence-corrected chi connectivity index (χ4v) is 1.12. The fraction of sp³-hybridized carbons (Fsp3) is 0.778. The zero-order chi connectivity index (χ0) is 11.2. The lowest BCUT2D eigenvalue weighted by Crippen LogP contribution is -2.39. The van der Waals surface area contributed by atoms with Crippen LogP contribution in [0.15, 0.2) is 0 Å². The lowest BCUT2D eigenvalue weighted by atomic mass is 9.83. The molecule has 0 saturated carbocycles. The summed E-state index contributed by atoms with van der Waals surface area (Å²) in [5.41, 5.74) is -1.48. The number of rotatable bonds is 6. The molecule has 0 aromatic carbocycles. The van der Waals surface area contributed by atoms with E-state index in [1.165, 1.54) is 0 Å². The van der Waals surface area contributed by atoms with E-state index in [4.69, 9.17) is 5.11 Å². The van der Waals surface area contributed by atoms with Gasteiger partial charge < -0.3 is 5.11 Å². The van der Waals surface area contributed by atoms with Gasteiger partial charge in [0.1, 0.15) is 0 Å². The van der Waals surface area contributed by atoms with Gasteiger partial charge in [-0.1, -0.05) is 13.8 Å². The van der Waals surface area contributed by atoms with E-state index in [1.807, 2.05) is 0 Å². The van der Waals surface area contributed by atoms with Crippen LogP contribution in [0.4, 0.5) is 0 Å². The first kappa shape index (κ1) is 12.9. The SMILES string of the molecule is CCOOC(=O)C(CC)(CC)C(=O)O. The zero-order valence-corrected chi connectivity index (χ0v) is 8.70. The first-order chi connectivity index (χ1) is 6.55. The van der Waals surface area contributed by atoms with Crippen LogP contribution in [0.2, 0.25) is 0 Å².